The van der Waals surface area contributed by atoms with E-state index >= 15 is 0 Å². The molecule has 1 N–H and O–H groups in total. The summed E-state index contributed by atoms with van der Waals surface area (Å²) < 4.78 is 25.5. The Balaban J connectivity index is 1.93. The van der Waals surface area contributed by atoms with Crippen LogP contribution in [0.2, 0.25) is 0 Å². The molecule has 0 unspecified atom stereocenters. The third-order valence-corrected chi connectivity index (χ3v) is 4.58. The summed E-state index contributed by atoms with van der Waals surface area (Å²) in [5, 5.41) is 7.13. The number of sulfone groups is 1. The third-order valence-electron chi connectivity index (χ3n) is 2.93. The molecule has 0 aliphatic carbocycles. The zero-order valence-electron chi connectivity index (χ0n) is 9.96. The van der Waals surface area contributed by atoms with Crippen LogP contribution in [-0.2, 0) is 16.9 Å². The molecule has 1 aromatic heterocycles. The number of rotatable bonds is 4. The van der Waals surface area contributed by atoms with Crippen LogP contribution in [0, 0.1) is 0 Å². The van der Waals surface area contributed by atoms with E-state index in [0.717, 1.165) is 26.2 Å². The number of hydrogen-bond donors (Lipinski definition) is 1. The molecular weight excluding hydrogens is 240 g/mol. The fraction of sp³-hybridized carbons (Fsp3) is 0.700. The minimum absolute atomic E-state index is 0.165. The van der Waals surface area contributed by atoms with Gasteiger partial charge in [-0.2, -0.15) is 5.10 Å². The fourth-order valence-corrected chi connectivity index (χ4v) is 3.12. The van der Waals surface area contributed by atoms with E-state index in [0.29, 0.717) is 11.4 Å². The van der Waals surface area contributed by atoms with Crippen LogP contribution >= 0.6 is 0 Å². The van der Waals surface area contributed by atoms with Crippen LogP contribution in [0.5, 0.6) is 0 Å². The highest BCUT2D eigenvalue weighted by Crippen LogP contribution is 2.09. The summed E-state index contributed by atoms with van der Waals surface area (Å²) in [5.74, 6) is 0.165. The summed E-state index contributed by atoms with van der Waals surface area (Å²) in [6.07, 6.45) is 2.96. The number of piperazine rings is 1. The second-order valence-corrected chi connectivity index (χ2v) is 6.37. The number of aromatic nitrogens is 2. The first-order chi connectivity index (χ1) is 8.08. The smallest absolute Gasteiger partial charge is 0.182 e. The van der Waals surface area contributed by atoms with E-state index in [1.807, 2.05) is 0 Å². The molecule has 0 atom stereocenters. The Hall–Kier alpha value is -0.920. The first-order valence-corrected chi connectivity index (χ1v) is 7.38. The lowest BCUT2D eigenvalue weighted by Gasteiger charge is -2.26. The van der Waals surface area contributed by atoms with Gasteiger partial charge in [0.15, 0.2) is 9.84 Å². The normalized spacial score (nSPS) is 18.4. The molecule has 1 aliphatic heterocycles. The lowest BCUT2D eigenvalue weighted by molar-refractivity contribution is 0.254. The maximum Gasteiger partial charge on any atom is 0.182 e. The van der Waals surface area contributed by atoms with Crippen LogP contribution < -0.4 is 5.32 Å². The topological polar surface area (TPSA) is 67.2 Å². The molecule has 7 heteroatoms. The van der Waals surface area contributed by atoms with Crippen LogP contribution in [0.3, 0.4) is 0 Å². The van der Waals surface area contributed by atoms with Crippen molar-refractivity contribution in [1.82, 2.24) is 20.0 Å². The van der Waals surface area contributed by atoms with Crippen molar-refractivity contribution in [3.8, 4) is 0 Å². The Morgan fingerprint density at radius 2 is 2.12 bits per heavy atom. The SMILES string of the molecule is Cn1cc(S(=O)(=O)CCN2CCNCC2)cn1. The van der Waals surface area contributed by atoms with Crippen LogP contribution in [0.25, 0.3) is 0 Å². The van der Waals surface area contributed by atoms with Gasteiger partial charge in [0.2, 0.25) is 0 Å². The molecule has 0 amide bonds. The van der Waals surface area contributed by atoms with Gasteiger partial charge in [-0.05, 0) is 0 Å². The molecule has 2 rings (SSSR count). The Labute approximate surface area is 102 Å². The second kappa shape index (κ2) is 5.16. The predicted molar refractivity (Wildman–Crippen MR) is 64.6 cm³/mol. The highest BCUT2D eigenvalue weighted by Gasteiger charge is 2.18. The van der Waals surface area contributed by atoms with Gasteiger partial charge < -0.3 is 5.32 Å². The van der Waals surface area contributed by atoms with Crippen LogP contribution in [-0.4, -0.2) is 61.6 Å². The standard InChI is InChI=1S/C10H18N4O2S/c1-13-9-10(8-12-13)17(15,16)7-6-14-4-2-11-3-5-14/h8-9,11H,2-7H2,1H3. The summed E-state index contributed by atoms with van der Waals surface area (Å²) >= 11 is 0. The van der Waals surface area contributed by atoms with E-state index in [1.54, 1.807) is 13.2 Å². The van der Waals surface area contributed by atoms with Gasteiger partial charge in [-0.3, -0.25) is 9.58 Å². The average molecular weight is 258 g/mol. The molecule has 17 heavy (non-hydrogen) atoms. The Bertz CT molecular complexity index is 462. The number of hydrogen-bond acceptors (Lipinski definition) is 5. The van der Waals surface area contributed by atoms with Crippen LogP contribution in [0.1, 0.15) is 0 Å². The lowest BCUT2D eigenvalue weighted by atomic mass is 10.4. The summed E-state index contributed by atoms with van der Waals surface area (Å²) in [6, 6.07) is 0. The van der Waals surface area contributed by atoms with Gasteiger partial charge in [0.1, 0.15) is 4.90 Å². The lowest BCUT2D eigenvalue weighted by Crippen LogP contribution is -2.45. The van der Waals surface area contributed by atoms with Crippen molar-refractivity contribution >= 4 is 9.84 Å². The molecular formula is C10H18N4O2S. The molecule has 0 aromatic carbocycles. The van der Waals surface area contributed by atoms with Crippen molar-refractivity contribution in [3.05, 3.63) is 12.4 Å². The van der Waals surface area contributed by atoms with E-state index in [-0.39, 0.29) is 5.75 Å². The quantitative estimate of drug-likeness (QED) is 0.758. The first kappa shape index (κ1) is 12.5. The summed E-state index contributed by atoms with van der Waals surface area (Å²) in [4.78, 5) is 2.49. The molecule has 0 spiro atoms. The first-order valence-electron chi connectivity index (χ1n) is 5.72. The van der Waals surface area contributed by atoms with Crippen LogP contribution in [0.15, 0.2) is 17.3 Å². The predicted octanol–water partition coefficient (Wildman–Crippen LogP) is -0.901. The summed E-state index contributed by atoms with van der Waals surface area (Å²) in [6.45, 7) is 4.31. The minimum atomic E-state index is -3.18. The van der Waals surface area contributed by atoms with Crippen molar-refractivity contribution in [1.29, 1.82) is 0 Å². The maximum absolute atomic E-state index is 12.0. The molecule has 0 saturated carbocycles. The van der Waals surface area contributed by atoms with Crippen molar-refractivity contribution in [2.75, 3.05) is 38.5 Å². The molecule has 96 valence electrons. The minimum Gasteiger partial charge on any atom is -0.314 e. The molecule has 1 aliphatic rings. The van der Waals surface area contributed by atoms with Gasteiger partial charge in [-0.15, -0.1) is 0 Å². The molecule has 1 fully saturated rings. The van der Waals surface area contributed by atoms with Gasteiger partial charge in [0, 0.05) is 46.0 Å². The zero-order valence-corrected chi connectivity index (χ0v) is 10.8. The zero-order chi connectivity index (χ0) is 12.3. The van der Waals surface area contributed by atoms with E-state index < -0.39 is 9.84 Å². The Kier molecular flexibility index (Phi) is 3.80. The van der Waals surface area contributed by atoms with Crippen molar-refractivity contribution in [2.24, 2.45) is 7.05 Å². The van der Waals surface area contributed by atoms with Gasteiger partial charge in [-0.25, -0.2) is 8.42 Å². The van der Waals surface area contributed by atoms with E-state index in [1.165, 1.54) is 10.9 Å². The van der Waals surface area contributed by atoms with Gasteiger partial charge in [0.05, 0.1) is 11.9 Å². The fourth-order valence-electron chi connectivity index (χ4n) is 1.86. The van der Waals surface area contributed by atoms with Gasteiger partial charge >= 0.3 is 0 Å². The van der Waals surface area contributed by atoms with Crippen molar-refractivity contribution in [3.63, 3.8) is 0 Å². The molecule has 0 bridgehead atoms. The highest BCUT2D eigenvalue weighted by atomic mass is 32.2. The number of aryl methyl sites for hydroxylation is 1. The molecule has 6 nitrogen and oxygen atoms in total. The van der Waals surface area contributed by atoms with Crippen LogP contribution in [0.4, 0.5) is 0 Å². The van der Waals surface area contributed by atoms with Gasteiger partial charge in [-0.1, -0.05) is 0 Å². The monoisotopic (exact) mass is 258 g/mol. The van der Waals surface area contributed by atoms with Gasteiger partial charge in [0.25, 0.3) is 0 Å². The molecule has 2 heterocycles. The Morgan fingerprint density at radius 3 is 2.71 bits per heavy atom. The highest BCUT2D eigenvalue weighted by molar-refractivity contribution is 7.91. The number of nitrogens with one attached hydrogen (secondary N) is 1. The van der Waals surface area contributed by atoms with E-state index in [9.17, 15) is 8.42 Å². The average Bonchev–Trinajstić information content (AvgIpc) is 2.76. The maximum atomic E-state index is 12.0. The van der Waals surface area contributed by atoms with Crippen molar-refractivity contribution < 1.29 is 8.42 Å². The van der Waals surface area contributed by atoms with Crippen molar-refractivity contribution in [2.45, 2.75) is 4.90 Å². The molecule has 1 saturated heterocycles. The molecule has 1 aromatic rings. The summed E-state index contributed by atoms with van der Waals surface area (Å²) in [7, 11) is -1.47. The second-order valence-electron chi connectivity index (χ2n) is 4.26. The van der Waals surface area contributed by atoms with E-state index in [4.69, 9.17) is 0 Å². The largest absolute Gasteiger partial charge is 0.314 e. The molecule has 0 radical (unpaired) electrons. The van der Waals surface area contributed by atoms with E-state index in [2.05, 4.69) is 15.3 Å². The third kappa shape index (κ3) is 3.27. The summed E-state index contributed by atoms with van der Waals surface area (Å²) in [5.41, 5.74) is 0. The number of nitrogens with zero attached hydrogens (tertiary/aromatic N) is 3. The Morgan fingerprint density at radius 1 is 1.41 bits per heavy atom.